The van der Waals surface area contributed by atoms with E-state index < -0.39 is 9.84 Å². The van der Waals surface area contributed by atoms with Gasteiger partial charge in [-0.15, -0.1) is 0 Å². The molecule has 0 radical (unpaired) electrons. The van der Waals surface area contributed by atoms with E-state index in [-0.39, 0.29) is 0 Å². The van der Waals surface area contributed by atoms with Crippen molar-refractivity contribution in [3.63, 3.8) is 0 Å². The number of benzene rings is 2. The zero-order chi connectivity index (χ0) is 19.6. The molecule has 0 unspecified atom stereocenters. The number of nitrogens with one attached hydrogen (secondary N) is 1. The predicted octanol–water partition coefficient (Wildman–Crippen LogP) is 4.20. The van der Waals surface area contributed by atoms with E-state index in [1.807, 2.05) is 45.0 Å². The van der Waals surface area contributed by atoms with Crippen LogP contribution in [0.1, 0.15) is 31.9 Å². The molecule has 0 saturated heterocycles. The Bertz CT molecular complexity index is 1050. The molecule has 0 bridgehead atoms. The molecule has 5 heteroatoms. The molecule has 1 aromatic heterocycles. The van der Waals surface area contributed by atoms with Gasteiger partial charge in [0, 0.05) is 19.2 Å². The van der Waals surface area contributed by atoms with Crippen LogP contribution in [-0.2, 0) is 16.3 Å². The van der Waals surface area contributed by atoms with Crippen LogP contribution in [-0.4, -0.2) is 21.5 Å². The zero-order valence-electron chi connectivity index (χ0n) is 16.4. The number of aryl methyl sites for hydroxylation is 2. The van der Waals surface area contributed by atoms with Crippen molar-refractivity contribution in [3.05, 3.63) is 59.8 Å². The minimum atomic E-state index is -3.64. The van der Waals surface area contributed by atoms with Crippen molar-refractivity contribution in [2.24, 2.45) is 0 Å². The molecule has 3 aromatic rings. The molecule has 142 valence electrons. The third-order valence-corrected chi connectivity index (χ3v) is 6.82. The van der Waals surface area contributed by atoms with Gasteiger partial charge in [-0.25, -0.2) is 13.4 Å². The van der Waals surface area contributed by atoms with Gasteiger partial charge in [0.05, 0.1) is 16.0 Å². The van der Waals surface area contributed by atoms with Gasteiger partial charge < -0.3 is 4.90 Å². The minimum absolute atomic E-state index is 0.327. The van der Waals surface area contributed by atoms with Crippen LogP contribution in [0.3, 0.4) is 0 Å². The van der Waals surface area contributed by atoms with Gasteiger partial charge in [-0.3, -0.25) is 0 Å². The highest BCUT2D eigenvalue weighted by Crippen LogP contribution is 2.35. The maximum Gasteiger partial charge on any atom is 0.214 e. The van der Waals surface area contributed by atoms with Crippen molar-refractivity contribution in [2.45, 2.75) is 43.9 Å². The first-order valence-corrected chi connectivity index (χ1v) is 10.9. The Balaban J connectivity index is 2.30. The first-order chi connectivity index (χ1) is 12.9. The average molecular weight is 384 g/mol. The fourth-order valence-corrected chi connectivity index (χ4v) is 4.88. The van der Waals surface area contributed by atoms with Crippen molar-refractivity contribution in [3.8, 4) is 0 Å². The molecule has 0 aliphatic rings. The lowest BCUT2D eigenvalue weighted by atomic mass is 10.1. The number of sulfone groups is 1. The summed E-state index contributed by atoms with van der Waals surface area (Å²) >= 11 is 0. The summed E-state index contributed by atoms with van der Waals surface area (Å²) in [5.41, 5.74) is 3.93. The average Bonchev–Trinajstić information content (AvgIpc) is 2.68. The maximum atomic E-state index is 13.5. The molecule has 1 N–H and O–H groups in total. The van der Waals surface area contributed by atoms with E-state index in [2.05, 4.69) is 22.9 Å². The summed E-state index contributed by atoms with van der Waals surface area (Å²) in [5.74, 6) is 0. The number of fused-ring (bicyclic) bond motifs is 1. The molecule has 0 atom stereocenters. The summed E-state index contributed by atoms with van der Waals surface area (Å²) in [6.07, 6.45) is 2.52. The maximum absolute atomic E-state index is 13.5. The smallest absolute Gasteiger partial charge is 0.214 e. The fraction of sp³-hybridized carbons (Fsp3) is 0.318. The molecule has 0 aliphatic carbocycles. The second kappa shape index (κ2) is 7.69. The van der Waals surface area contributed by atoms with E-state index in [1.165, 1.54) is 0 Å². The van der Waals surface area contributed by atoms with Crippen LogP contribution >= 0.6 is 0 Å². The quantitative estimate of drug-likeness (QED) is 0.641. The van der Waals surface area contributed by atoms with Crippen LogP contribution in [0.5, 0.6) is 0 Å². The van der Waals surface area contributed by atoms with Gasteiger partial charge >= 0.3 is 0 Å². The van der Waals surface area contributed by atoms with Gasteiger partial charge in [0.25, 0.3) is 0 Å². The molecule has 27 heavy (non-hydrogen) atoms. The van der Waals surface area contributed by atoms with E-state index in [1.54, 1.807) is 18.3 Å². The van der Waals surface area contributed by atoms with Crippen molar-refractivity contribution >= 4 is 26.4 Å². The Morgan fingerprint density at radius 2 is 1.63 bits per heavy atom. The summed E-state index contributed by atoms with van der Waals surface area (Å²) in [6, 6.07) is 13.3. The van der Waals surface area contributed by atoms with Crippen molar-refractivity contribution < 1.29 is 13.4 Å². The largest absolute Gasteiger partial charge is 0.370 e. The Morgan fingerprint density at radius 1 is 0.963 bits per heavy atom. The van der Waals surface area contributed by atoms with Crippen molar-refractivity contribution in [2.75, 3.05) is 18.0 Å². The molecule has 3 rings (SSSR count). The van der Waals surface area contributed by atoms with Crippen molar-refractivity contribution in [1.82, 2.24) is 0 Å². The van der Waals surface area contributed by atoms with Crippen LogP contribution in [0.4, 0.5) is 5.69 Å². The SMILES string of the molecule is CCc1ccc(S(=O)(=O)c2c[nH+]c3ccc(C)cc3c2N(CC)CC)cc1. The molecule has 1 heterocycles. The lowest BCUT2D eigenvalue weighted by Crippen LogP contribution is -2.26. The second-order valence-electron chi connectivity index (χ2n) is 6.72. The minimum Gasteiger partial charge on any atom is -0.370 e. The zero-order valence-corrected chi connectivity index (χ0v) is 17.2. The highest BCUT2D eigenvalue weighted by Gasteiger charge is 2.28. The standard InChI is InChI=1S/C22H26N2O2S/c1-5-17-9-11-18(12-10-17)27(25,26)21-15-23-20-13-8-16(4)14-19(20)22(21)24(6-2)7-3/h8-15H,5-7H2,1-4H3/p+1. The molecule has 0 aliphatic heterocycles. The molecular formula is C22H27N2O2S+. The second-order valence-corrected chi connectivity index (χ2v) is 8.64. The highest BCUT2D eigenvalue weighted by molar-refractivity contribution is 7.91. The van der Waals surface area contributed by atoms with Crippen LogP contribution in [0, 0.1) is 6.92 Å². The van der Waals surface area contributed by atoms with E-state index >= 15 is 0 Å². The van der Waals surface area contributed by atoms with Crippen LogP contribution in [0.2, 0.25) is 0 Å². The molecular weight excluding hydrogens is 356 g/mol. The first-order valence-electron chi connectivity index (χ1n) is 9.46. The number of pyridine rings is 1. The molecule has 2 aromatic carbocycles. The Kier molecular flexibility index (Phi) is 5.51. The monoisotopic (exact) mass is 383 g/mol. The summed E-state index contributed by atoms with van der Waals surface area (Å²) in [5, 5.41) is 0.935. The van der Waals surface area contributed by atoms with Crippen LogP contribution < -0.4 is 9.88 Å². The third-order valence-electron chi connectivity index (χ3n) is 5.03. The lowest BCUT2D eigenvalue weighted by Gasteiger charge is -2.24. The summed E-state index contributed by atoms with van der Waals surface area (Å²) in [4.78, 5) is 5.95. The van der Waals surface area contributed by atoms with E-state index in [0.29, 0.717) is 9.79 Å². The Labute approximate surface area is 161 Å². The van der Waals surface area contributed by atoms with Gasteiger partial charge in [-0.05, 0) is 56.5 Å². The number of aromatic amines is 1. The Morgan fingerprint density at radius 3 is 2.22 bits per heavy atom. The molecule has 4 nitrogen and oxygen atoms in total. The lowest BCUT2D eigenvalue weighted by molar-refractivity contribution is -0.347. The van der Waals surface area contributed by atoms with Crippen molar-refractivity contribution in [1.29, 1.82) is 0 Å². The summed E-state index contributed by atoms with van der Waals surface area (Å²) in [7, 11) is -3.64. The molecule has 0 amide bonds. The first kappa shape index (κ1) is 19.4. The highest BCUT2D eigenvalue weighted by atomic mass is 32.2. The van der Waals surface area contributed by atoms with Gasteiger partial charge in [0.1, 0.15) is 0 Å². The van der Waals surface area contributed by atoms with Gasteiger partial charge in [-0.2, -0.15) is 0 Å². The summed E-state index contributed by atoms with van der Waals surface area (Å²) in [6.45, 7) is 9.66. The van der Waals surface area contributed by atoms with Gasteiger partial charge in [0.2, 0.25) is 15.4 Å². The predicted molar refractivity (Wildman–Crippen MR) is 110 cm³/mol. The number of hydrogen-bond donors (Lipinski definition) is 0. The molecule has 0 fully saturated rings. The number of anilines is 1. The van der Waals surface area contributed by atoms with E-state index in [4.69, 9.17) is 0 Å². The van der Waals surface area contributed by atoms with Crippen LogP contribution in [0.15, 0.2) is 58.5 Å². The molecule has 0 saturated carbocycles. The number of nitrogens with zero attached hydrogens (tertiary/aromatic N) is 1. The molecule has 0 spiro atoms. The topological polar surface area (TPSA) is 51.5 Å². The van der Waals surface area contributed by atoms with E-state index in [0.717, 1.165) is 47.2 Å². The third kappa shape index (κ3) is 3.56. The fourth-order valence-electron chi connectivity index (χ4n) is 3.43. The number of H-pyrrole nitrogens is 1. The summed E-state index contributed by atoms with van der Waals surface area (Å²) < 4.78 is 26.9. The number of hydrogen-bond acceptors (Lipinski definition) is 3. The van der Waals surface area contributed by atoms with Crippen LogP contribution in [0.25, 0.3) is 10.9 Å². The Hall–Kier alpha value is -2.40. The van der Waals surface area contributed by atoms with Gasteiger partial charge in [-0.1, -0.05) is 25.1 Å². The normalized spacial score (nSPS) is 11.7. The number of rotatable bonds is 6. The number of aromatic nitrogens is 1. The van der Waals surface area contributed by atoms with Gasteiger partial charge in [0.15, 0.2) is 11.1 Å². The van der Waals surface area contributed by atoms with E-state index in [9.17, 15) is 8.42 Å².